The van der Waals surface area contributed by atoms with E-state index in [2.05, 4.69) is 5.32 Å². The van der Waals surface area contributed by atoms with Gasteiger partial charge in [0.2, 0.25) is 0 Å². The average Bonchev–Trinajstić information content (AvgIpc) is 3.16. The van der Waals surface area contributed by atoms with Crippen LogP contribution in [0.1, 0.15) is 5.76 Å². The summed E-state index contributed by atoms with van der Waals surface area (Å²) in [7, 11) is 0. The van der Waals surface area contributed by atoms with Crippen LogP contribution in [0.2, 0.25) is 10.0 Å². The van der Waals surface area contributed by atoms with Crippen molar-refractivity contribution in [2.24, 2.45) is 0 Å². The normalized spacial score (nSPS) is 11.0. The molecule has 0 spiro atoms. The number of rotatable bonds is 5. The summed E-state index contributed by atoms with van der Waals surface area (Å²) in [4.78, 5) is 22.9. The van der Waals surface area contributed by atoms with Crippen LogP contribution in [-0.2, 0) is 4.79 Å². The number of benzene rings is 2. The molecule has 144 valence electrons. The maximum Gasteiger partial charge on any atom is 0.294 e. The van der Waals surface area contributed by atoms with Crippen LogP contribution in [0.25, 0.3) is 17.4 Å². The van der Waals surface area contributed by atoms with Gasteiger partial charge in [-0.15, -0.1) is 0 Å². The topological polar surface area (TPSA) is 109 Å². The molecule has 1 N–H and O–H groups in total. The highest BCUT2D eigenvalue weighted by Gasteiger charge is 2.19. The molecular formula is C20H11Cl2N3O4. The van der Waals surface area contributed by atoms with Crippen LogP contribution in [0.15, 0.2) is 64.6 Å². The van der Waals surface area contributed by atoms with E-state index in [-0.39, 0.29) is 27.7 Å². The number of amides is 1. The van der Waals surface area contributed by atoms with Gasteiger partial charge in [0, 0.05) is 27.8 Å². The molecule has 2 aromatic carbocycles. The van der Waals surface area contributed by atoms with Crippen molar-refractivity contribution in [3.63, 3.8) is 0 Å². The number of nitro benzene ring substituents is 1. The second-order valence-electron chi connectivity index (χ2n) is 5.75. The van der Waals surface area contributed by atoms with Gasteiger partial charge in [0.1, 0.15) is 28.9 Å². The van der Waals surface area contributed by atoms with Crippen molar-refractivity contribution in [1.82, 2.24) is 0 Å². The van der Waals surface area contributed by atoms with E-state index in [0.717, 1.165) is 11.6 Å². The monoisotopic (exact) mass is 427 g/mol. The summed E-state index contributed by atoms with van der Waals surface area (Å²) in [5, 5.41) is 23.5. The molecular weight excluding hydrogens is 417 g/mol. The quantitative estimate of drug-likeness (QED) is 0.242. The van der Waals surface area contributed by atoms with E-state index in [1.807, 2.05) is 0 Å². The van der Waals surface area contributed by atoms with E-state index >= 15 is 0 Å². The van der Waals surface area contributed by atoms with Gasteiger partial charge in [-0.25, -0.2) is 0 Å². The van der Waals surface area contributed by atoms with Gasteiger partial charge in [-0.3, -0.25) is 14.9 Å². The molecule has 9 heteroatoms. The molecule has 0 aliphatic rings. The molecule has 1 amide bonds. The second-order valence-corrected chi connectivity index (χ2v) is 6.63. The van der Waals surface area contributed by atoms with Crippen LogP contribution < -0.4 is 5.32 Å². The van der Waals surface area contributed by atoms with Gasteiger partial charge in [0.25, 0.3) is 11.6 Å². The molecule has 0 fully saturated rings. The van der Waals surface area contributed by atoms with Gasteiger partial charge in [-0.1, -0.05) is 35.3 Å². The molecule has 1 aromatic heterocycles. The van der Waals surface area contributed by atoms with Crippen LogP contribution >= 0.6 is 23.2 Å². The lowest BCUT2D eigenvalue weighted by Crippen LogP contribution is -2.14. The molecule has 29 heavy (non-hydrogen) atoms. The van der Waals surface area contributed by atoms with Gasteiger partial charge < -0.3 is 9.73 Å². The predicted molar refractivity (Wildman–Crippen MR) is 109 cm³/mol. The first-order chi connectivity index (χ1) is 13.9. The van der Waals surface area contributed by atoms with E-state index in [0.29, 0.717) is 10.8 Å². The Balaban J connectivity index is 1.85. The van der Waals surface area contributed by atoms with Gasteiger partial charge in [0.15, 0.2) is 0 Å². The Morgan fingerprint density at radius 2 is 1.90 bits per heavy atom. The number of nitrogens with zero attached hydrogens (tertiary/aromatic N) is 2. The summed E-state index contributed by atoms with van der Waals surface area (Å²) >= 11 is 11.7. The standard InChI is InChI=1S/C20H11Cl2N3O4/c21-14-3-1-2-12(8-14)19-7-5-16(29-19)9-13(11-23)20(26)24-17-6-4-15(22)10-18(17)25(27)28/h1-10H,(H,24,26). The second kappa shape index (κ2) is 8.61. The first kappa shape index (κ1) is 20.1. The Morgan fingerprint density at radius 3 is 2.59 bits per heavy atom. The Hall–Kier alpha value is -3.60. The van der Waals surface area contributed by atoms with E-state index in [1.165, 1.54) is 18.2 Å². The van der Waals surface area contributed by atoms with E-state index < -0.39 is 10.8 Å². The molecule has 1 heterocycles. The molecule has 0 saturated heterocycles. The fourth-order valence-corrected chi connectivity index (χ4v) is 2.83. The maximum absolute atomic E-state index is 12.4. The molecule has 0 aliphatic heterocycles. The molecule has 0 unspecified atom stereocenters. The number of anilines is 1. The van der Waals surface area contributed by atoms with Crippen LogP contribution in [0.5, 0.6) is 0 Å². The van der Waals surface area contributed by atoms with Crippen molar-refractivity contribution < 1.29 is 14.1 Å². The number of carbonyl (C=O) groups is 1. The highest BCUT2D eigenvalue weighted by atomic mass is 35.5. The number of nitrogens with one attached hydrogen (secondary N) is 1. The summed E-state index contributed by atoms with van der Waals surface area (Å²) < 4.78 is 5.64. The molecule has 3 rings (SSSR count). The first-order valence-electron chi connectivity index (χ1n) is 8.10. The number of carbonyl (C=O) groups excluding carboxylic acids is 1. The lowest BCUT2D eigenvalue weighted by Gasteiger charge is -2.05. The predicted octanol–water partition coefficient (Wildman–Crippen LogP) is 5.71. The highest BCUT2D eigenvalue weighted by Crippen LogP contribution is 2.29. The van der Waals surface area contributed by atoms with E-state index in [1.54, 1.807) is 42.5 Å². The lowest BCUT2D eigenvalue weighted by molar-refractivity contribution is -0.383. The molecule has 0 atom stereocenters. The third kappa shape index (κ3) is 4.82. The van der Waals surface area contributed by atoms with Crippen molar-refractivity contribution in [3.05, 3.63) is 86.1 Å². The van der Waals surface area contributed by atoms with Crippen LogP contribution in [0.3, 0.4) is 0 Å². The summed E-state index contributed by atoms with van der Waals surface area (Å²) in [5.74, 6) is -0.0549. The Bertz CT molecular complexity index is 1180. The largest absolute Gasteiger partial charge is 0.457 e. The summed E-state index contributed by atoms with van der Waals surface area (Å²) in [5.41, 5.74) is -0.0212. The summed E-state index contributed by atoms with van der Waals surface area (Å²) in [6.45, 7) is 0. The third-order valence-corrected chi connectivity index (χ3v) is 4.26. The fourth-order valence-electron chi connectivity index (χ4n) is 2.47. The number of hydrogen-bond donors (Lipinski definition) is 1. The summed E-state index contributed by atoms with van der Waals surface area (Å²) in [6, 6.07) is 15.8. The molecule has 0 bridgehead atoms. The SMILES string of the molecule is N#CC(=Cc1ccc(-c2cccc(Cl)c2)o1)C(=O)Nc1ccc(Cl)cc1[N+](=O)[O-]. The number of hydrogen-bond acceptors (Lipinski definition) is 5. The fraction of sp³-hybridized carbons (Fsp3) is 0. The highest BCUT2D eigenvalue weighted by molar-refractivity contribution is 6.31. The zero-order valence-electron chi connectivity index (χ0n) is 14.6. The molecule has 7 nitrogen and oxygen atoms in total. The van der Waals surface area contributed by atoms with Gasteiger partial charge in [-0.2, -0.15) is 5.26 Å². The molecule has 0 saturated carbocycles. The minimum atomic E-state index is -0.821. The molecule has 3 aromatic rings. The van der Waals surface area contributed by atoms with E-state index in [9.17, 15) is 20.2 Å². The van der Waals surface area contributed by atoms with Crippen molar-refractivity contribution in [2.45, 2.75) is 0 Å². The van der Waals surface area contributed by atoms with Gasteiger partial charge in [-0.05, 0) is 36.4 Å². The molecule has 0 radical (unpaired) electrons. The Labute approximate surface area is 174 Å². The number of halogens is 2. The summed E-state index contributed by atoms with van der Waals surface area (Å²) in [6.07, 6.45) is 1.24. The molecule has 0 aliphatic carbocycles. The van der Waals surface area contributed by atoms with E-state index in [4.69, 9.17) is 27.6 Å². The minimum Gasteiger partial charge on any atom is -0.457 e. The average molecular weight is 428 g/mol. The van der Waals surface area contributed by atoms with Crippen molar-refractivity contribution in [2.75, 3.05) is 5.32 Å². The lowest BCUT2D eigenvalue weighted by atomic mass is 10.2. The van der Waals surface area contributed by atoms with Crippen LogP contribution in [0, 0.1) is 21.4 Å². The van der Waals surface area contributed by atoms with Crippen molar-refractivity contribution >= 4 is 46.6 Å². The van der Waals surface area contributed by atoms with Gasteiger partial charge >= 0.3 is 0 Å². The first-order valence-corrected chi connectivity index (χ1v) is 8.86. The number of nitriles is 1. The Kier molecular flexibility index (Phi) is 5.98. The van der Waals surface area contributed by atoms with Crippen LogP contribution in [0.4, 0.5) is 11.4 Å². The third-order valence-electron chi connectivity index (χ3n) is 3.79. The maximum atomic E-state index is 12.4. The van der Waals surface area contributed by atoms with Crippen molar-refractivity contribution in [3.8, 4) is 17.4 Å². The van der Waals surface area contributed by atoms with Crippen LogP contribution in [-0.4, -0.2) is 10.8 Å². The van der Waals surface area contributed by atoms with Crippen molar-refractivity contribution in [1.29, 1.82) is 5.26 Å². The minimum absolute atomic E-state index is 0.0791. The van der Waals surface area contributed by atoms with Gasteiger partial charge in [0.05, 0.1) is 4.92 Å². The number of furan rings is 1. The zero-order chi connectivity index (χ0) is 21.0. The Morgan fingerprint density at radius 1 is 1.14 bits per heavy atom. The smallest absolute Gasteiger partial charge is 0.294 e. The number of nitro groups is 1. The zero-order valence-corrected chi connectivity index (χ0v) is 16.1.